The Hall–Kier alpha value is -0.770. The summed E-state index contributed by atoms with van der Waals surface area (Å²) >= 11 is 0. The van der Waals surface area contributed by atoms with Gasteiger partial charge in [0.05, 0.1) is 12.1 Å². The molecule has 1 saturated heterocycles. The molecule has 2 rings (SSSR count). The van der Waals surface area contributed by atoms with Crippen molar-refractivity contribution in [3.8, 4) is 0 Å². The summed E-state index contributed by atoms with van der Waals surface area (Å²) in [5.41, 5.74) is -0.319. The lowest BCUT2D eigenvalue weighted by atomic mass is 9.71. The van der Waals surface area contributed by atoms with Crippen molar-refractivity contribution in [3.05, 3.63) is 0 Å². The van der Waals surface area contributed by atoms with E-state index in [4.69, 9.17) is 0 Å². The molecule has 1 heterocycles. The Balaban J connectivity index is 1.91. The Kier molecular flexibility index (Phi) is 3.34. The number of urea groups is 1. The highest BCUT2D eigenvalue weighted by Gasteiger charge is 2.39. The van der Waals surface area contributed by atoms with Crippen molar-refractivity contribution in [1.82, 2.24) is 10.2 Å². The van der Waals surface area contributed by atoms with E-state index in [0.717, 1.165) is 45.2 Å². The zero-order valence-corrected chi connectivity index (χ0v) is 11.0. The van der Waals surface area contributed by atoms with Crippen LogP contribution in [0.5, 0.6) is 0 Å². The van der Waals surface area contributed by atoms with E-state index in [0.29, 0.717) is 12.0 Å². The van der Waals surface area contributed by atoms with Crippen LogP contribution in [0, 0.1) is 5.41 Å². The molecule has 2 N–H and O–H groups in total. The maximum atomic E-state index is 11.6. The summed E-state index contributed by atoms with van der Waals surface area (Å²) in [6.07, 6.45) is 4.68. The second-order valence-electron chi connectivity index (χ2n) is 6.40. The highest BCUT2D eigenvalue weighted by atomic mass is 16.3. The summed E-state index contributed by atoms with van der Waals surface area (Å²) in [5, 5.41) is 13.4. The van der Waals surface area contributed by atoms with Gasteiger partial charge in [-0.15, -0.1) is 0 Å². The van der Waals surface area contributed by atoms with E-state index in [1.807, 2.05) is 0 Å². The first-order valence-electron chi connectivity index (χ1n) is 6.66. The van der Waals surface area contributed by atoms with Gasteiger partial charge in [0.15, 0.2) is 0 Å². The fourth-order valence-corrected chi connectivity index (χ4v) is 2.73. The summed E-state index contributed by atoms with van der Waals surface area (Å²) in [4.78, 5) is 13.4. The van der Waals surface area contributed by atoms with Crippen molar-refractivity contribution in [3.63, 3.8) is 0 Å². The van der Waals surface area contributed by atoms with Gasteiger partial charge in [-0.05, 0) is 37.5 Å². The number of rotatable bonds is 2. The zero-order chi connectivity index (χ0) is 12.5. The highest BCUT2D eigenvalue weighted by Crippen LogP contribution is 2.40. The number of carbonyl (C=O) groups excluding carboxylic acids is 1. The van der Waals surface area contributed by atoms with Crippen molar-refractivity contribution in [1.29, 1.82) is 0 Å². The summed E-state index contributed by atoms with van der Waals surface area (Å²) in [6, 6.07) is -0.0190. The minimum Gasteiger partial charge on any atom is -0.388 e. The van der Waals surface area contributed by atoms with Crippen LogP contribution >= 0.6 is 0 Å². The molecule has 0 aromatic rings. The first-order valence-corrected chi connectivity index (χ1v) is 6.66. The molecule has 2 fully saturated rings. The van der Waals surface area contributed by atoms with E-state index in [1.165, 1.54) is 0 Å². The standard InChI is InChI=1S/C13H24N2O2/c1-12(2)4-6-13(17,7-5-12)10-15-9-3-8-14-11(15)16/h17H,3-10H2,1-2H3,(H,14,16). The van der Waals surface area contributed by atoms with Crippen LogP contribution in [-0.2, 0) is 0 Å². The van der Waals surface area contributed by atoms with E-state index >= 15 is 0 Å². The van der Waals surface area contributed by atoms with Gasteiger partial charge in [0.1, 0.15) is 0 Å². The van der Waals surface area contributed by atoms with Gasteiger partial charge in [0, 0.05) is 13.1 Å². The van der Waals surface area contributed by atoms with Gasteiger partial charge in [0.2, 0.25) is 0 Å². The van der Waals surface area contributed by atoms with Gasteiger partial charge in [-0.2, -0.15) is 0 Å². The predicted octanol–water partition coefficient (Wildman–Crippen LogP) is 1.73. The molecule has 2 aliphatic rings. The normalized spacial score (nSPS) is 27.7. The SMILES string of the molecule is CC1(C)CCC(O)(CN2CCCNC2=O)CC1. The summed E-state index contributed by atoms with van der Waals surface area (Å²) in [7, 11) is 0. The summed E-state index contributed by atoms with van der Waals surface area (Å²) in [5.74, 6) is 0. The minimum absolute atomic E-state index is 0.0190. The van der Waals surface area contributed by atoms with Gasteiger partial charge >= 0.3 is 6.03 Å². The molecule has 0 atom stereocenters. The number of nitrogens with zero attached hydrogens (tertiary/aromatic N) is 1. The average molecular weight is 240 g/mol. The number of carbonyl (C=O) groups is 1. The number of amides is 2. The number of hydrogen-bond donors (Lipinski definition) is 2. The van der Waals surface area contributed by atoms with E-state index in [2.05, 4.69) is 19.2 Å². The quantitative estimate of drug-likeness (QED) is 0.772. The fourth-order valence-electron chi connectivity index (χ4n) is 2.73. The third kappa shape index (κ3) is 3.12. The monoisotopic (exact) mass is 240 g/mol. The van der Waals surface area contributed by atoms with Gasteiger partial charge in [-0.3, -0.25) is 0 Å². The molecule has 0 spiro atoms. The van der Waals surface area contributed by atoms with Crippen LogP contribution < -0.4 is 5.32 Å². The largest absolute Gasteiger partial charge is 0.388 e. The van der Waals surface area contributed by atoms with Crippen LogP contribution in [0.4, 0.5) is 4.79 Å². The molecule has 0 radical (unpaired) electrons. The Bertz CT molecular complexity index is 292. The van der Waals surface area contributed by atoms with E-state index in [9.17, 15) is 9.90 Å². The first kappa shape index (κ1) is 12.7. The van der Waals surface area contributed by atoms with Crippen molar-refractivity contribution < 1.29 is 9.90 Å². The lowest BCUT2D eigenvalue weighted by Crippen LogP contribution is -2.54. The molecule has 1 saturated carbocycles. The molecule has 98 valence electrons. The lowest BCUT2D eigenvalue weighted by Gasteiger charge is -2.43. The maximum absolute atomic E-state index is 11.6. The second kappa shape index (κ2) is 4.48. The van der Waals surface area contributed by atoms with Gasteiger partial charge in [-0.1, -0.05) is 13.8 Å². The summed E-state index contributed by atoms with van der Waals surface area (Å²) in [6.45, 7) is 6.54. The van der Waals surface area contributed by atoms with Crippen LogP contribution in [0.1, 0.15) is 46.0 Å². The van der Waals surface area contributed by atoms with Crippen LogP contribution in [0.2, 0.25) is 0 Å². The van der Waals surface area contributed by atoms with Crippen molar-refractivity contribution in [2.24, 2.45) is 5.41 Å². The van der Waals surface area contributed by atoms with Crippen LogP contribution in [0.3, 0.4) is 0 Å². The van der Waals surface area contributed by atoms with E-state index in [1.54, 1.807) is 4.90 Å². The molecule has 0 aromatic heterocycles. The van der Waals surface area contributed by atoms with Crippen LogP contribution in [0.15, 0.2) is 0 Å². The third-order valence-corrected chi connectivity index (χ3v) is 4.19. The molecule has 17 heavy (non-hydrogen) atoms. The number of nitrogens with one attached hydrogen (secondary N) is 1. The molecular weight excluding hydrogens is 216 g/mol. The average Bonchev–Trinajstić information content (AvgIpc) is 2.27. The van der Waals surface area contributed by atoms with Crippen molar-refractivity contribution >= 4 is 6.03 Å². The fraction of sp³-hybridized carbons (Fsp3) is 0.923. The van der Waals surface area contributed by atoms with Gasteiger partial charge in [-0.25, -0.2) is 4.79 Å². The van der Waals surface area contributed by atoms with Crippen molar-refractivity contribution in [2.75, 3.05) is 19.6 Å². The van der Waals surface area contributed by atoms with Gasteiger partial charge < -0.3 is 15.3 Å². The summed E-state index contributed by atoms with van der Waals surface area (Å²) < 4.78 is 0. The van der Waals surface area contributed by atoms with Gasteiger partial charge in [0.25, 0.3) is 0 Å². The Labute approximate surface area is 103 Å². The lowest BCUT2D eigenvalue weighted by molar-refractivity contribution is -0.0435. The molecule has 4 heteroatoms. The molecule has 2 amide bonds. The first-order chi connectivity index (χ1) is 7.90. The number of aliphatic hydroxyl groups is 1. The minimum atomic E-state index is -0.662. The molecule has 1 aliphatic carbocycles. The van der Waals surface area contributed by atoms with Crippen LogP contribution in [-0.4, -0.2) is 41.3 Å². The topological polar surface area (TPSA) is 52.6 Å². The maximum Gasteiger partial charge on any atom is 0.317 e. The smallest absolute Gasteiger partial charge is 0.317 e. The zero-order valence-electron chi connectivity index (χ0n) is 11.0. The Morgan fingerprint density at radius 2 is 1.94 bits per heavy atom. The third-order valence-electron chi connectivity index (χ3n) is 4.19. The van der Waals surface area contributed by atoms with Crippen molar-refractivity contribution in [2.45, 2.75) is 51.6 Å². The molecule has 0 unspecified atom stereocenters. The number of β-amino-alcohol motifs (C(OH)–C–C–N with tert-alkyl or cyclic N) is 1. The Morgan fingerprint density at radius 3 is 2.53 bits per heavy atom. The highest BCUT2D eigenvalue weighted by molar-refractivity contribution is 5.74. The second-order valence-corrected chi connectivity index (χ2v) is 6.40. The molecule has 4 nitrogen and oxygen atoms in total. The van der Waals surface area contributed by atoms with Crippen LogP contribution in [0.25, 0.3) is 0 Å². The molecule has 0 aromatic carbocycles. The number of hydrogen-bond acceptors (Lipinski definition) is 2. The molecule has 0 bridgehead atoms. The molecular formula is C13H24N2O2. The molecule has 1 aliphatic heterocycles. The van der Waals surface area contributed by atoms with E-state index < -0.39 is 5.60 Å². The predicted molar refractivity (Wildman–Crippen MR) is 66.8 cm³/mol. The Morgan fingerprint density at radius 1 is 1.29 bits per heavy atom. The van der Waals surface area contributed by atoms with E-state index in [-0.39, 0.29) is 6.03 Å².